The van der Waals surface area contributed by atoms with Gasteiger partial charge in [0.15, 0.2) is 0 Å². The van der Waals surface area contributed by atoms with E-state index in [0.717, 1.165) is 50.5 Å². The first kappa shape index (κ1) is 28.1. The number of esters is 1. The zero-order valence-electron chi connectivity index (χ0n) is 20.2. The summed E-state index contributed by atoms with van der Waals surface area (Å²) in [6, 6.07) is 0. The highest BCUT2D eigenvalue weighted by Crippen LogP contribution is 2.31. The summed E-state index contributed by atoms with van der Waals surface area (Å²) in [5, 5.41) is 18.0. The molecule has 0 radical (unpaired) electrons. The van der Waals surface area contributed by atoms with Gasteiger partial charge in [-0.05, 0) is 38.0 Å². The lowest BCUT2D eigenvalue weighted by molar-refractivity contribution is -0.154. The number of hydrogen-bond acceptors (Lipinski definition) is 5. The molecule has 7 heteroatoms. The van der Waals surface area contributed by atoms with Gasteiger partial charge in [-0.2, -0.15) is 0 Å². The van der Waals surface area contributed by atoms with E-state index in [1.165, 1.54) is 0 Å². The van der Waals surface area contributed by atoms with Gasteiger partial charge in [-0.3, -0.25) is 14.4 Å². The Morgan fingerprint density at radius 1 is 1.09 bits per heavy atom. The SMILES string of the molecule is C=C(CC(CCC)OC(=O)C(C)CCCCC1OC(CC(=O)O)CC1C)CC(C)C(=O)O. The molecule has 1 saturated heterocycles. The van der Waals surface area contributed by atoms with Gasteiger partial charge in [0.05, 0.1) is 30.5 Å². The van der Waals surface area contributed by atoms with Crippen molar-refractivity contribution >= 4 is 17.9 Å². The maximum atomic E-state index is 12.6. The maximum Gasteiger partial charge on any atom is 0.308 e. The molecule has 32 heavy (non-hydrogen) atoms. The van der Waals surface area contributed by atoms with Crippen molar-refractivity contribution in [1.29, 1.82) is 0 Å². The minimum absolute atomic E-state index is 0.0598. The van der Waals surface area contributed by atoms with E-state index >= 15 is 0 Å². The van der Waals surface area contributed by atoms with E-state index in [1.54, 1.807) is 6.92 Å². The Morgan fingerprint density at radius 2 is 1.78 bits per heavy atom. The van der Waals surface area contributed by atoms with Crippen molar-refractivity contribution in [3.63, 3.8) is 0 Å². The smallest absolute Gasteiger partial charge is 0.308 e. The molecule has 0 bridgehead atoms. The number of carboxylic acid groups (broad SMARTS) is 2. The lowest BCUT2D eigenvalue weighted by Crippen LogP contribution is -2.24. The first-order valence-electron chi connectivity index (χ1n) is 12.0. The van der Waals surface area contributed by atoms with Gasteiger partial charge in [-0.15, -0.1) is 0 Å². The lowest BCUT2D eigenvalue weighted by atomic mass is 9.95. The number of hydrogen-bond donors (Lipinski definition) is 2. The van der Waals surface area contributed by atoms with E-state index in [-0.39, 0.29) is 36.6 Å². The van der Waals surface area contributed by atoms with Crippen molar-refractivity contribution in [1.82, 2.24) is 0 Å². The van der Waals surface area contributed by atoms with Crippen molar-refractivity contribution in [3.8, 4) is 0 Å². The van der Waals surface area contributed by atoms with Crippen LogP contribution in [0.15, 0.2) is 12.2 Å². The molecular formula is C25H42O7. The summed E-state index contributed by atoms with van der Waals surface area (Å²) < 4.78 is 11.6. The van der Waals surface area contributed by atoms with Gasteiger partial charge in [-0.1, -0.05) is 59.1 Å². The third kappa shape index (κ3) is 10.6. The number of rotatable bonds is 16. The standard InChI is InChI=1S/C25H42O7/c1-6-9-20(13-16(2)12-19(5)24(28)29)32-25(30)17(3)10-7-8-11-22-18(4)14-21(31-22)15-23(26)27/h17-22H,2,6-15H2,1,3-5H3,(H,26,27)(H,28,29). The second-order valence-corrected chi connectivity index (χ2v) is 9.54. The monoisotopic (exact) mass is 454 g/mol. The van der Waals surface area contributed by atoms with Gasteiger partial charge in [0.25, 0.3) is 0 Å². The minimum atomic E-state index is -0.849. The molecule has 0 aliphatic carbocycles. The number of carbonyl (C=O) groups excluding carboxylic acids is 1. The number of aliphatic carboxylic acids is 2. The summed E-state index contributed by atoms with van der Waals surface area (Å²) in [6.45, 7) is 11.6. The Labute approximate surface area is 192 Å². The van der Waals surface area contributed by atoms with Crippen molar-refractivity contribution in [3.05, 3.63) is 12.2 Å². The average Bonchev–Trinajstić information content (AvgIpc) is 3.03. The Hall–Kier alpha value is -1.89. The van der Waals surface area contributed by atoms with Crippen LogP contribution in [0, 0.1) is 17.8 Å². The summed E-state index contributed by atoms with van der Waals surface area (Å²) in [6.07, 6.45) is 6.39. The summed E-state index contributed by atoms with van der Waals surface area (Å²) in [5.74, 6) is -2.23. The Bertz CT molecular complexity index is 630. The van der Waals surface area contributed by atoms with E-state index < -0.39 is 17.9 Å². The fourth-order valence-electron chi connectivity index (χ4n) is 4.33. The molecule has 0 aromatic heterocycles. The third-order valence-electron chi connectivity index (χ3n) is 6.24. The van der Waals surface area contributed by atoms with Crippen LogP contribution < -0.4 is 0 Å². The van der Waals surface area contributed by atoms with Crippen LogP contribution in [-0.4, -0.2) is 46.4 Å². The van der Waals surface area contributed by atoms with E-state index in [2.05, 4.69) is 13.5 Å². The molecule has 1 aliphatic heterocycles. The van der Waals surface area contributed by atoms with E-state index in [9.17, 15) is 14.4 Å². The topological polar surface area (TPSA) is 110 Å². The van der Waals surface area contributed by atoms with Crippen LogP contribution in [0.2, 0.25) is 0 Å². The van der Waals surface area contributed by atoms with E-state index in [0.29, 0.717) is 18.8 Å². The molecule has 6 unspecified atom stereocenters. The van der Waals surface area contributed by atoms with Gasteiger partial charge < -0.3 is 19.7 Å². The van der Waals surface area contributed by atoms with Gasteiger partial charge in [0.1, 0.15) is 6.10 Å². The number of unbranched alkanes of at least 4 members (excludes halogenated alkanes) is 1. The number of ether oxygens (including phenoxy) is 2. The molecule has 1 aliphatic rings. The summed E-state index contributed by atoms with van der Waals surface area (Å²) in [7, 11) is 0. The zero-order valence-corrected chi connectivity index (χ0v) is 20.2. The molecule has 0 amide bonds. The molecule has 1 fully saturated rings. The van der Waals surface area contributed by atoms with Crippen LogP contribution in [0.1, 0.15) is 91.9 Å². The van der Waals surface area contributed by atoms with Crippen LogP contribution in [0.5, 0.6) is 0 Å². The van der Waals surface area contributed by atoms with Crippen molar-refractivity contribution in [2.24, 2.45) is 17.8 Å². The molecule has 2 N–H and O–H groups in total. The minimum Gasteiger partial charge on any atom is -0.481 e. The third-order valence-corrected chi connectivity index (χ3v) is 6.24. The van der Waals surface area contributed by atoms with Crippen molar-refractivity contribution in [2.75, 3.05) is 0 Å². The van der Waals surface area contributed by atoms with E-state index in [4.69, 9.17) is 19.7 Å². The first-order valence-corrected chi connectivity index (χ1v) is 12.0. The van der Waals surface area contributed by atoms with Gasteiger partial charge in [0, 0.05) is 6.42 Å². The second-order valence-electron chi connectivity index (χ2n) is 9.54. The quantitative estimate of drug-likeness (QED) is 0.187. The molecule has 0 spiro atoms. The molecule has 184 valence electrons. The van der Waals surface area contributed by atoms with Crippen LogP contribution in [-0.2, 0) is 23.9 Å². The fraction of sp³-hybridized carbons (Fsp3) is 0.800. The van der Waals surface area contributed by atoms with E-state index in [1.807, 2.05) is 13.8 Å². The highest BCUT2D eigenvalue weighted by atomic mass is 16.5. The highest BCUT2D eigenvalue weighted by molar-refractivity contribution is 5.72. The molecular weight excluding hydrogens is 412 g/mol. The normalized spacial score (nSPS) is 23.3. The van der Waals surface area contributed by atoms with Crippen molar-refractivity contribution < 1.29 is 34.1 Å². The predicted octanol–water partition coefficient (Wildman–Crippen LogP) is 5.22. The predicted molar refractivity (Wildman–Crippen MR) is 122 cm³/mol. The fourth-order valence-corrected chi connectivity index (χ4v) is 4.33. The van der Waals surface area contributed by atoms with Gasteiger partial charge >= 0.3 is 17.9 Å². The maximum absolute atomic E-state index is 12.6. The molecule has 6 atom stereocenters. The van der Waals surface area contributed by atoms with Crippen LogP contribution in [0.3, 0.4) is 0 Å². The summed E-state index contributed by atoms with van der Waals surface area (Å²) in [5.41, 5.74) is 0.797. The largest absolute Gasteiger partial charge is 0.481 e. The molecule has 0 aromatic rings. The molecule has 1 rings (SSSR count). The van der Waals surface area contributed by atoms with Crippen molar-refractivity contribution in [2.45, 2.75) is 110 Å². The molecule has 1 heterocycles. The van der Waals surface area contributed by atoms with Crippen LogP contribution >= 0.6 is 0 Å². The van der Waals surface area contributed by atoms with Crippen LogP contribution in [0.25, 0.3) is 0 Å². The van der Waals surface area contributed by atoms with Gasteiger partial charge in [0.2, 0.25) is 0 Å². The Morgan fingerprint density at radius 3 is 2.38 bits per heavy atom. The molecule has 7 nitrogen and oxygen atoms in total. The average molecular weight is 455 g/mol. The van der Waals surface area contributed by atoms with Crippen LogP contribution in [0.4, 0.5) is 0 Å². The summed E-state index contributed by atoms with van der Waals surface area (Å²) in [4.78, 5) is 34.5. The van der Waals surface area contributed by atoms with Gasteiger partial charge in [-0.25, -0.2) is 0 Å². The Kier molecular flexibility index (Phi) is 12.6. The lowest BCUT2D eigenvalue weighted by Gasteiger charge is -2.22. The first-order chi connectivity index (χ1) is 15.0. The second kappa shape index (κ2) is 14.3. The summed E-state index contributed by atoms with van der Waals surface area (Å²) >= 11 is 0. The molecule has 0 saturated carbocycles. The zero-order chi connectivity index (χ0) is 24.3. The highest BCUT2D eigenvalue weighted by Gasteiger charge is 2.32. The number of carbonyl (C=O) groups is 3. The Balaban J connectivity index is 2.36. The molecule has 0 aromatic carbocycles. The number of carboxylic acids is 2.